The van der Waals surface area contributed by atoms with Crippen LogP contribution in [0.2, 0.25) is 0 Å². The van der Waals surface area contributed by atoms with E-state index in [0.29, 0.717) is 5.88 Å². The number of fused-ring (bicyclic) bond motifs is 1. The Bertz CT molecular complexity index is 550. The highest BCUT2D eigenvalue weighted by atomic mass is 16.3. The van der Waals surface area contributed by atoms with Crippen molar-refractivity contribution in [2.45, 2.75) is 19.1 Å². The monoisotopic (exact) mass is 246 g/mol. The first-order chi connectivity index (χ1) is 8.74. The molecule has 1 fully saturated rings. The zero-order valence-corrected chi connectivity index (χ0v) is 10.3. The van der Waals surface area contributed by atoms with Gasteiger partial charge in [-0.15, -0.1) is 0 Å². The van der Waals surface area contributed by atoms with E-state index in [-0.39, 0.29) is 6.10 Å². The molecule has 0 radical (unpaired) electrons. The molecule has 2 aromatic rings. The number of aromatic nitrogens is 1. The molecule has 18 heavy (non-hydrogen) atoms. The van der Waals surface area contributed by atoms with Crippen LogP contribution < -0.4 is 0 Å². The summed E-state index contributed by atoms with van der Waals surface area (Å²) >= 11 is 0. The van der Waals surface area contributed by atoms with Gasteiger partial charge in [0.2, 0.25) is 0 Å². The summed E-state index contributed by atoms with van der Waals surface area (Å²) in [6, 6.07) is 7.85. The minimum Gasteiger partial charge on any atom is -0.494 e. The van der Waals surface area contributed by atoms with Crippen LogP contribution >= 0.6 is 0 Å². The van der Waals surface area contributed by atoms with Gasteiger partial charge in [-0.1, -0.05) is 18.2 Å². The number of rotatable bonds is 3. The van der Waals surface area contributed by atoms with Gasteiger partial charge in [0.1, 0.15) is 0 Å². The van der Waals surface area contributed by atoms with Gasteiger partial charge in [0.05, 0.1) is 6.10 Å². The van der Waals surface area contributed by atoms with Crippen LogP contribution in [0.4, 0.5) is 0 Å². The Morgan fingerprint density at radius 1 is 1.22 bits per heavy atom. The fraction of sp³-hybridized carbons (Fsp3) is 0.429. The maximum atomic E-state index is 10.1. The summed E-state index contributed by atoms with van der Waals surface area (Å²) in [5, 5.41) is 21.5. The zero-order valence-electron chi connectivity index (χ0n) is 10.3. The van der Waals surface area contributed by atoms with E-state index < -0.39 is 0 Å². The average molecular weight is 246 g/mol. The maximum absolute atomic E-state index is 10.1. The van der Waals surface area contributed by atoms with Crippen LogP contribution in [0.5, 0.6) is 5.88 Å². The van der Waals surface area contributed by atoms with Crippen molar-refractivity contribution in [3.05, 3.63) is 30.5 Å². The topological polar surface area (TPSA) is 48.6 Å². The fourth-order valence-electron chi connectivity index (χ4n) is 2.63. The highest BCUT2D eigenvalue weighted by Gasteiger charge is 2.19. The first kappa shape index (κ1) is 11.6. The third-order valence-electron chi connectivity index (χ3n) is 3.67. The normalized spacial score (nSPS) is 20.8. The smallest absolute Gasteiger partial charge is 0.199 e. The van der Waals surface area contributed by atoms with Crippen molar-refractivity contribution in [3.8, 4) is 5.88 Å². The second-order valence-corrected chi connectivity index (χ2v) is 4.98. The highest BCUT2D eigenvalue weighted by Crippen LogP contribution is 2.26. The Morgan fingerprint density at radius 2 is 2.06 bits per heavy atom. The van der Waals surface area contributed by atoms with Gasteiger partial charge in [-0.3, -0.25) is 4.90 Å². The van der Waals surface area contributed by atoms with Crippen LogP contribution in [0.15, 0.2) is 30.5 Å². The van der Waals surface area contributed by atoms with Gasteiger partial charge in [-0.2, -0.15) is 0 Å². The fourth-order valence-corrected chi connectivity index (χ4v) is 2.63. The summed E-state index contributed by atoms with van der Waals surface area (Å²) in [5.41, 5.74) is 0. The summed E-state index contributed by atoms with van der Waals surface area (Å²) in [4.78, 5) is 2.23. The molecule has 0 saturated carbocycles. The van der Waals surface area contributed by atoms with Gasteiger partial charge in [-0.25, -0.2) is 0 Å². The molecule has 1 aliphatic heterocycles. The predicted octanol–water partition coefficient (Wildman–Crippen LogP) is 1.41. The number of aliphatic hydroxyl groups excluding tert-OH is 1. The van der Waals surface area contributed by atoms with Gasteiger partial charge in [0.25, 0.3) is 0 Å². The molecule has 0 unspecified atom stereocenters. The van der Waals surface area contributed by atoms with Crippen molar-refractivity contribution < 1.29 is 10.2 Å². The standard InChI is InChI=1S/C14H18N2O2/c17-12-5-6-15(10-12)7-8-16-9-11-3-1-2-4-13(11)14(16)18/h1-4,9,12,17-18H,5-8,10H2/t12-/m1/s1. The van der Waals surface area contributed by atoms with Crippen molar-refractivity contribution in [1.82, 2.24) is 9.47 Å². The number of hydrogen-bond acceptors (Lipinski definition) is 3. The number of hydrogen-bond donors (Lipinski definition) is 2. The van der Waals surface area contributed by atoms with E-state index in [9.17, 15) is 10.2 Å². The van der Waals surface area contributed by atoms with Crippen LogP contribution in [0.25, 0.3) is 10.8 Å². The van der Waals surface area contributed by atoms with E-state index in [2.05, 4.69) is 4.90 Å². The minimum atomic E-state index is -0.178. The Labute approximate surface area is 106 Å². The van der Waals surface area contributed by atoms with Crippen LogP contribution in [0.1, 0.15) is 6.42 Å². The SMILES string of the molecule is Oc1c2ccccc2cn1CCN1CC[C@@H](O)C1. The molecule has 1 aliphatic rings. The molecule has 0 spiro atoms. The molecule has 0 bridgehead atoms. The van der Waals surface area contributed by atoms with Gasteiger partial charge in [0, 0.05) is 43.1 Å². The van der Waals surface area contributed by atoms with E-state index in [4.69, 9.17) is 0 Å². The predicted molar refractivity (Wildman–Crippen MR) is 70.7 cm³/mol. The molecule has 96 valence electrons. The van der Waals surface area contributed by atoms with Crippen molar-refractivity contribution in [3.63, 3.8) is 0 Å². The Morgan fingerprint density at radius 3 is 2.78 bits per heavy atom. The van der Waals surface area contributed by atoms with Gasteiger partial charge >= 0.3 is 0 Å². The third kappa shape index (κ3) is 2.09. The third-order valence-corrected chi connectivity index (χ3v) is 3.67. The van der Waals surface area contributed by atoms with Crippen molar-refractivity contribution in [2.24, 2.45) is 0 Å². The summed E-state index contributed by atoms with van der Waals surface area (Å²) in [7, 11) is 0. The van der Waals surface area contributed by atoms with E-state index >= 15 is 0 Å². The first-order valence-electron chi connectivity index (χ1n) is 6.41. The van der Waals surface area contributed by atoms with Gasteiger partial charge in [-0.05, 0) is 12.5 Å². The lowest BCUT2D eigenvalue weighted by molar-refractivity contribution is 0.175. The number of aliphatic hydroxyl groups is 1. The Kier molecular flexibility index (Phi) is 2.97. The number of likely N-dealkylation sites (tertiary alicyclic amines) is 1. The van der Waals surface area contributed by atoms with E-state index in [1.807, 2.05) is 35.0 Å². The van der Waals surface area contributed by atoms with Crippen molar-refractivity contribution in [2.75, 3.05) is 19.6 Å². The molecule has 4 nitrogen and oxygen atoms in total. The number of nitrogens with zero attached hydrogens (tertiary/aromatic N) is 2. The number of aromatic hydroxyl groups is 1. The molecular formula is C14H18N2O2. The lowest BCUT2D eigenvalue weighted by Gasteiger charge is -2.15. The molecule has 0 amide bonds. The molecule has 0 aliphatic carbocycles. The van der Waals surface area contributed by atoms with Gasteiger partial charge < -0.3 is 14.8 Å². The molecule has 2 heterocycles. The number of β-amino-alcohol motifs (C(OH)–C–C–N with tert-alkyl or cyclic N) is 1. The van der Waals surface area contributed by atoms with E-state index in [1.165, 1.54) is 0 Å². The molecule has 3 rings (SSSR count). The van der Waals surface area contributed by atoms with Crippen LogP contribution in [0.3, 0.4) is 0 Å². The lowest BCUT2D eigenvalue weighted by Crippen LogP contribution is -2.25. The molecule has 4 heteroatoms. The van der Waals surface area contributed by atoms with Crippen LogP contribution in [0, 0.1) is 0 Å². The summed E-state index contributed by atoms with van der Waals surface area (Å²) in [6.07, 6.45) is 2.67. The average Bonchev–Trinajstić information content (AvgIpc) is 2.92. The van der Waals surface area contributed by atoms with E-state index in [1.54, 1.807) is 0 Å². The Balaban J connectivity index is 1.73. The molecular weight excluding hydrogens is 228 g/mol. The summed E-state index contributed by atoms with van der Waals surface area (Å²) < 4.78 is 1.88. The molecule has 1 aromatic carbocycles. The minimum absolute atomic E-state index is 0.178. The van der Waals surface area contributed by atoms with Crippen molar-refractivity contribution in [1.29, 1.82) is 0 Å². The molecule has 1 atom stereocenters. The summed E-state index contributed by atoms with van der Waals surface area (Å²) in [6.45, 7) is 3.32. The summed E-state index contributed by atoms with van der Waals surface area (Å²) in [5.74, 6) is 0.338. The lowest BCUT2D eigenvalue weighted by atomic mass is 10.2. The molecule has 2 N–H and O–H groups in total. The maximum Gasteiger partial charge on any atom is 0.199 e. The highest BCUT2D eigenvalue weighted by molar-refractivity contribution is 5.87. The quantitative estimate of drug-likeness (QED) is 0.861. The van der Waals surface area contributed by atoms with Crippen LogP contribution in [-0.4, -0.2) is 45.4 Å². The second kappa shape index (κ2) is 4.63. The van der Waals surface area contributed by atoms with Crippen LogP contribution in [-0.2, 0) is 6.54 Å². The zero-order chi connectivity index (χ0) is 12.5. The molecule has 1 aromatic heterocycles. The number of benzene rings is 1. The van der Waals surface area contributed by atoms with Crippen molar-refractivity contribution >= 4 is 10.8 Å². The second-order valence-electron chi connectivity index (χ2n) is 4.98. The van der Waals surface area contributed by atoms with Gasteiger partial charge in [0.15, 0.2) is 5.88 Å². The Hall–Kier alpha value is -1.52. The molecule has 1 saturated heterocycles. The largest absolute Gasteiger partial charge is 0.494 e. The van der Waals surface area contributed by atoms with E-state index in [0.717, 1.165) is 43.4 Å². The first-order valence-corrected chi connectivity index (χ1v) is 6.41.